The number of halogens is 2. The van der Waals surface area contributed by atoms with Gasteiger partial charge in [-0.15, -0.1) is 11.6 Å². The summed E-state index contributed by atoms with van der Waals surface area (Å²) in [6, 6.07) is 12.1. The summed E-state index contributed by atoms with van der Waals surface area (Å²) in [5.41, 5.74) is 2.20. The number of hydrogen-bond donors (Lipinski definition) is 2. The molecule has 2 N–H and O–H groups in total. The van der Waals surface area contributed by atoms with Gasteiger partial charge in [0.1, 0.15) is 0 Å². The molecule has 8 heteroatoms. The zero-order valence-corrected chi connectivity index (χ0v) is 16.4. The molecule has 140 valence electrons. The Morgan fingerprint density at radius 2 is 2.00 bits per heavy atom. The molecule has 0 saturated carbocycles. The van der Waals surface area contributed by atoms with E-state index in [-0.39, 0.29) is 17.3 Å². The smallest absolute Gasteiger partial charge is 0.264 e. The van der Waals surface area contributed by atoms with Crippen LogP contribution in [0.1, 0.15) is 12.0 Å². The molecule has 2 aromatic rings. The lowest BCUT2D eigenvalue weighted by Crippen LogP contribution is -2.35. The van der Waals surface area contributed by atoms with E-state index in [1.54, 1.807) is 6.07 Å². The van der Waals surface area contributed by atoms with Crippen molar-refractivity contribution >= 4 is 44.6 Å². The second-order valence-electron chi connectivity index (χ2n) is 6.14. The van der Waals surface area contributed by atoms with E-state index in [4.69, 9.17) is 23.2 Å². The van der Waals surface area contributed by atoms with Gasteiger partial charge >= 0.3 is 0 Å². The predicted octanol–water partition coefficient (Wildman–Crippen LogP) is 3.49. The fraction of sp³-hybridized carbons (Fsp3) is 0.333. The first kappa shape index (κ1) is 19.3. The Labute approximate surface area is 163 Å². The second kappa shape index (κ2) is 8.05. The molecule has 1 aliphatic rings. The second-order valence-corrected chi connectivity index (χ2v) is 8.72. The largest absolute Gasteiger partial charge is 0.390 e. The molecule has 2 aromatic carbocycles. The third kappa shape index (κ3) is 3.93. The van der Waals surface area contributed by atoms with Crippen LogP contribution in [0.4, 0.5) is 11.4 Å². The SMILES string of the molecule is O=S(=O)(c1ccc(Cl)c(NCC(O)CCl)c1)N1CCCc2ccccc21. The van der Waals surface area contributed by atoms with Crippen molar-refractivity contribution in [3.63, 3.8) is 0 Å². The summed E-state index contributed by atoms with van der Waals surface area (Å²) in [5.74, 6) is 0.0766. The fourth-order valence-corrected chi connectivity index (χ4v) is 4.82. The minimum absolute atomic E-state index is 0.0766. The maximum absolute atomic E-state index is 13.2. The van der Waals surface area contributed by atoms with Crippen molar-refractivity contribution in [2.24, 2.45) is 0 Å². The van der Waals surface area contributed by atoms with E-state index < -0.39 is 16.1 Å². The summed E-state index contributed by atoms with van der Waals surface area (Å²) in [7, 11) is -3.71. The van der Waals surface area contributed by atoms with Gasteiger partial charge in [-0.05, 0) is 42.7 Å². The maximum atomic E-state index is 13.2. The normalized spacial score (nSPS) is 15.4. The lowest BCUT2D eigenvalue weighted by atomic mass is 10.0. The van der Waals surface area contributed by atoms with Crippen molar-refractivity contribution in [3.8, 4) is 0 Å². The highest BCUT2D eigenvalue weighted by atomic mass is 35.5. The summed E-state index contributed by atoms with van der Waals surface area (Å²) in [5, 5.41) is 12.9. The predicted molar refractivity (Wildman–Crippen MR) is 106 cm³/mol. The van der Waals surface area contributed by atoms with Crippen LogP contribution in [0.5, 0.6) is 0 Å². The van der Waals surface area contributed by atoms with Crippen molar-refractivity contribution in [1.29, 1.82) is 0 Å². The number of benzene rings is 2. The first-order valence-corrected chi connectivity index (χ1v) is 10.7. The molecule has 1 atom stereocenters. The number of fused-ring (bicyclic) bond motifs is 1. The Hall–Kier alpha value is -1.47. The average molecular weight is 415 g/mol. The van der Waals surface area contributed by atoms with E-state index in [0.29, 0.717) is 17.3 Å². The Balaban J connectivity index is 1.93. The number of rotatable bonds is 6. The van der Waals surface area contributed by atoms with E-state index in [1.165, 1.54) is 16.4 Å². The van der Waals surface area contributed by atoms with Crippen LogP contribution in [0.25, 0.3) is 0 Å². The van der Waals surface area contributed by atoms with Crippen LogP contribution in [0, 0.1) is 0 Å². The lowest BCUT2D eigenvalue weighted by molar-refractivity contribution is 0.211. The molecule has 1 aliphatic heterocycles. The summed E-state index contributed by atoms with van der Waals surface area (Å²) in [4.78, 5) is 0.154. The molecule has 26 heavy (non-hydrogen) atoms. The number of anilines is 2. The van der Waals surface area contributed by atoms with Crippen molar-refractivity contribution in [2.75, 3.05) is 28.6 Å². The molecule has 0 bridgehead atoms. The number of alkyl halides is 1. The zero-order valence-electron chi connectivity index (χ0n) is 14.0. The molecule has 0 aliphatic carbocycles. The highest BCUT2D eigenvalue weighted by Crippen LogP contribution is 2.33. The van der Waals surface area contributed by atoms with Crippen molar-refractivity contribution in [2.45, 2.75) is 23.8 Å². The van der Waals surface area contributed by atoms with Gasteiger partial charge in [-0.2, -0.15) is 0 Å². The van der Waals surface area contributed by atoms with Crippen LogP contribution < -0.4 is 9.62 Å². The van der Waals surface area contributed by atoms with Crippen LogP contribution in [0.15, 0.2) is 47.4 Å². The molecule has 3 rings (SSSR count). The monoisotopic (exact) mass is 414 g/mol. The van der Waals surface area contributed by atoms with E-state index >= 15 is 0 Å². The van der Waals surface area contributed by atoms with Gasteiger partial charge in [-0.3, -0.25) is 4.31 Å². The molecule has 0 spiro atoms. The fourth-order valence-electron chi connectivity index (χ4n) is 2.96. The van der Waals surface area contributed by atoms with Crippen LogP contribution >= 0.6 is 23.2 Å². The van der Waals surface area contributed by atoms with Gasteiger partial charge in [0.05, 0.1) is 33.3 Å². The summed E-state index contributed by atoms with van der Waals surface area (Å²) < 4.78 is 27.8. The topological polar surface area (TPSA) is 69.6 Å². The first-order valence-electron chi connectivity index (χ1n) is 8.31. The standard InChI is InChI=1S/C18H20Cl2N2O3S/c19-11-14(23)12-21-17-10-15(7-8-16(17)20)26(24,25)22-9-3-5-13-4-1-2-6-18(13)22/h1-2,4,6-8,10,14,21,23H,3,5,9,11-12H2. The molecule has 0 amide bonds. The van der Waals surface area contributed by atoms with E-state index in [9.17, 15) is 13.5 Å². The number of nitrogens with one attached hydrogen (secondary N) is 1. The molecular weight excluding hydrogens is 395 g/mol. The molecule has 0 radical (unpaired) electrons. The number of aliphatic hydroxyl groups excluding tert-OH is 1. The van der Waals surface area contributed by atoms with E-state index in [2.05, 4.69) is 5.32 Å². The van der Waals surface area contributed by atoms with Gasteiger partial charge in [-0.1, -0.05) is 29.8 Å². The summed E-state index contributed by atoms with van der Waals surface area (Å²) in [6.45, 7) is 0.620. The van der Waals surface area contributed by atoms with Gasteiger partial charge in [0, 0.05) is 13.1 Å². The Bertz CT molecular complexity index is 890. The number of aryl methyl sites for hydroxylation is 1. The first-order chi connectivity index (χ1) is 12.4. The third-order valence-electron chi connectivity index (χ3n) is 4.30. The third-order valence-corrected chi connectivity index (χ3v) is 6.79. The number of nitrogens with zero attached hydrogens (tertiary/aromatic N) is 1. The van der Waals surface area contributed by atoms with Crippen molar-refractivity contribution < 1.29 is 13.5 Å². The van der Waals surface area contributed by atoms with Crippen LogP contribution in [0.3, 0.4) is 0 Å². The highest BCUT2D eigenvalue weighted by molar-refractivity contribution is 7.92. The Morgan fingerprint density at radius 1 is 1.23 bits per heavy atom. The Morgan fingerprint density at radius 3 is 2.77 bits per heavy atom. The zero-order chi connectivity index (χ0) is 18.7. The van der Waals surface area contributed by atoms with E-state index in [1.807, 2.05) is 24.3 Å². The molecule has 0 aromatic heterocycles. The van der Waals surface area contributed by atoms with E-state index in [0.717, 1.165) is 24.1 Å². The van der Waals surface area contributed by atoms with Gasteiger partial charge in [0.2, 0.25) is 0 Å². The molecule has 1 heterocycles. The molecule has 5 nitrogen and oxygen atoms in total. The van der Waals surface area contributed by atoms with Gasteiger partial charge in [0.15, 0.2) is 0 Å². The molecular formula is C18H20Cl2N2O3S. The van der Waals surface area contributed by atoms with Crippen LogP contribution in [-0.2, 0) is 16.4 Å². The summed E-state index contributed by atoms with van der Waals surface area (Å²) in [6.07, 6.45) is 0.893. The van der Waals surface area contributed by atoms with Gasteiger partial charge < -0.3 is 10.4 Å². The average Bonchev–Trinajstić information content (AvgIpc) is 2.66. The number of sulfonamides is 1. The van der Waals surface area contributed by atoms with Crippen LogP contribution in [0.2, 0.25) is 5.02 Å². The van der Waals surface area contributed by atoms with Gasteiger partial charge in [0.25, 0.3) is 10.0 Å². The van der Waals surface area contributed by atoms with Crippen molar-refractivity contribution in [3.05, 3.63) is 53.1 Å². The number of hydrogen-bond acceptors (Lipinski definition) is 4. The van der Waals surface area contributed by atoms with Gasteiger partial charge in [-0.25, -0.2) is 8.42 Å². The molecule has 0 saturated heterocycles. The maximum Gasteiger partial charge on any atom is 0.264 e. The summed E-state index contributed by atoms with van der Waals surface area (Å²) >= 11 is 11.7. The minimum atomic E-state index is -3.71. The number of aliphatic hydroxyl groups is 1. The molecule has 0 fully saturated rings. The quantitative estimate of drug-likeness (QED) is 0.709. The van der Waals surface area contributed by atoms with Crippen molar-refractivity contribution in [1.82, 2.24) is 0 Å². The molecule has 1 unspecified atom stereocenters. The Kier molecular flexibility index (Phi) is 5.97. The minimum Gasteiger partial charge on any atom is -0.390 e. The number of para-hydroxylation sites is 1. The van der Waals surface area contributed by atoms with Crippen LogP contribution in [-0.4, -0.2) is 38.6 Å². The highest BCUT2D eigenvalue weighted by Gasteiger charge is 2.29. The lowest BCUT2D eigenvalue weighted by Gasteiger charge is -2.30.